The molecule has 8 heteroatoms. The second-order valence-corrected chi connectivity index (χ2v) is 13.4. The zero-order valence-corrected chi connectivity index (χ0v) is 19.0. The molecule has 0 aliphatic heterocycles. The number of halogens is 2. The molecular weight excluding hydrogens is 516 g/mol. The largest absolute Gasteiger partial charge is 0.223 e. The quantitative estimate of drug-likeness (QED) is 0.560. The van der Waals surface area contributed by atoms with Gasteiger partial charge in [-0.1, -0.05) is 68.3 Å². The van der Waals surface area contributed by atoms with Crippen molar-refractivity contribution in [1.29, 1.82) is 0 Å². The molecule has 27 heavy (non-hydrogen) atoms. The first kappa shape index (κ1) is 19.6. The summed E-state index contributed by atoms with van der Waals surface area (Å²) in [5.74, 6) is -0.513. The smallest absolute Gasteiger partial charge is 0.182 e. The summed E-state index contributed by atoms with van der Waals surface area (Å²) < 4.78 is 53.9. The van der Waals surface area contributed by atoms with Crippen molar-refractivity contribution in [2.24, 2.45) is 11.8 Å². The van der Waals surface area contributed by atoms with Gasteiger partial charge in [0.15, 0.2) is 19.7 Å². The Morgan fingerprint density at radius 2 is 0.963 bits per heavy atom. The van der Waals surface area contributed by atoms with Crippen molar-refractivity contribution < 1.29 is 16.8 Å². The van der Waals surface area contributed by atoms with E-state index < -0.39 is 30.2 Å². The molecule has 0 heterocycles. The van der Waals surface area contributed by atoms with Crippen molar-refractivity contribution in [3.63, 3.8) is 0 Å². The number of alkyl halides is 2. The van der Waals surface area contributed by atoms with E-state index in [1.54, 1.807) is 60.7 Å². The Kier molecular flexibility index (Phi) is 5.06. The Balaban J connectivity index is 1.87. The lowest BCUT2D eigenvalue weighted by Gasteiger charge is -2.36. The average molecular weight is 534 g/mol. The van der Waals surface area contributed by atoms with Gasteiger partial charge < -0.3 is 0 Å². The summed E-state index contributed by atoms with van der Waals surface area (Å²) in [7, 11) is -7.59. The molecule has 0 aromatic heterocycles. The minimum atomic E-state index is -3.80. The lowest BCUT2D eigenvalue weighted by molar-refractivity contribution is 0.474. The molecule has 6 unspecified atom stereocenters. The van der Waals surface area contributed by atoms with Crippen LogP contribution >= 0.6 is 31.9 Å². The van der Waals surface area contributed by atoms with Crippen LogP contribution in [0.3, 0.4) is 0 Å². The van der Waals surface area contributed by atoms with Gasteiger partial charge >= 0.3 is 0 Å². The van der Waals surface area contributed by atoms with E-state index >= 15 is 0 Å². The third kappa shape index (κ3) is 3.03. The average Bonchev–Trinajstić information content (AvgIpc) is 3.21. The van der Waals surface area contributed by atoms with Gasteiger partial charge in [-0.05, 0) is 42.5 Å². The van der Waals surface area contributed by atoms with Crippen LogP contribution in [0, 0.1) is 11.8 Å². The fourth-order valence-electron chi connectivity index (χ4n) is 4.51. The molecule has 144 valence electrons. The standard InChI is InChI=1S/C19H18Br2O4S2/c20-16-14-11-15(17(16)21)19(27(24,25)13-9-5-2-6-10-13)18(14)26(22,23)12-7-3-1-4-8-12/h1-10,14-19H,11H2. The van der Waals surface area contributed by atoms with Gasteiger partial charge in [0.1, 0.15) is 0 Å². The molecule has 2 aromatic carbocycles. The molecule has 0 amide bonds. The van der Waals surface area contributed by atoms with E-state index in [0.29, 0.717) is 6.42 Å². The van der Waals surface area contributed by atoms with E-state index in [2.05, 4.69) is 31.9 Å². The molecule has 0 saturated heterocycles. The van der Waals surface area contributed by atoms with Gasteiger partial charge in [0.25, 0.3) is 0 Å². The molecule has 2 aliphatic rings. The molecule has 2 aliphatic carbocycles. The van der Waals surface area contributed by atoms with Gasteiger partial charge in [0.05, 0.1) is 20.3 Å². The second-order valence-electron chi connectivity index (χ2n) is 7.10. The number of hydrogen-bond acceptors (Lipinski definition) is 4. The van der Waals surface area contributed by atoms with E-state index in [1.165, 1.54) is 0 Å². The monoisotopic (exact) mass is 532 g/mol. The number of rotatable bonds is 4. The van der Waals surface area contributed by atoms with Gasteiger partial charge in [-0.15, -0.1) is 0 Å². The van der Waals surface area contributed by atoms with Crippen molar-refractivity contribution >= 4 is 51.5 Å². The second kappa shape index (κ2) is 6.97. The van der Waals surface area contributed by atoms with Crippen LogP contribution in [0.15, 0.2) is 70.5 Å². The van der Waals surface area contributed by atoms with Crippen LogP contribution in [0.4, 0.5) is 0 Å². The van der Waals surface area contributed by atoms with Crippen LogP contribution in [0.1, 0.15) is 6.42 Å². The third-order valence-electron chi connectivity index (χ3n) is 5.69. The van der Waals surface area contributed by atoms with Crippen LogP contribution in [-0.4, -0.2) is 37.0 Å². The number of benzene rings is 2. The Hall–Kier alpha value is -0.700. The van der Waals surface area contributed by atoms with Crippen LogP contribution in [-0.2, 0) is 19.7 Å². The van der Waals surface area contributed by atoms with Crippen LogP contribution in [0.5, 0.6) is 0 Å². The first-order valence-electron chi connectivity index (χ1n) is 8.62. The Morgan fingerprint density at radius 1 is 0.630 bits per heavy atom. The molecule has 0 spiro atoms. The summed E-state index contributed by atoms with van der Waals surface area (Å²) in [5, 5.41) is -1.93. The maximum atomic E-state index is 13.5. The summed E-state index contributed by atoms with van der Waals surface area (Å²) in [4.78, 5) is 0.213. The fourth-order valence-corrected chi connectivity index (χ4v) is 12.0. The Labute approximate surface area is 176 Å². The minimum Gasteiger partial charge on any atom is -0.223 e. The van der Waals surface area contributed by atoms with Gasteiger partial charge in [-0.25, -0.2) is 16.8 Å². The first-order valence-corrected chi connectivity index (χ1v) is 13.5. The van der Waals surface area contributed by atoms with Gasteiger partial charge in [-0.3, -0.25) is 0 Å². The SMILES string of the molecule is O=S(=O)(c1ccccc1)C1C2CC(C(Br)C2Br)C1S(=O)(=O)c1ccccc1. The van der Waals surface area contributed by atoms with Gasteiger partial charge in [-0.2, -0.15) is 0 Å². The normalized spacial score (nSPS) is 33.3. The summed E-state index contributed by atoms with van der Waals surface area (Å²) in [6.07, 6.45) is 0.569. The maximum Gasteiger partial charge on any atom is 0.182 e. The van der Waals surface area contributed by atoms with E-state index in [-0.39, 0.29) is 31.3 Å². The molecule has 2 fully saturated rings. The molecule has 4 nitrogen and oxygen atoms in total. The van der Waals surface area contributed by atoms with Crippen molar-refractivity contribution in [2.45, 2.75) is 36.4 Å². The molecule has 2 aromatic rings. The lowest BCUT2D eigenvalue weighted by Crippen LogP contribution is -2.50. The molecule has 0 N–H and O–H groups in total. The predicted octanol–water partition coefficient (Wildman–Crippen LogP) is 3.85. The topological polar surface area (TPSA) is 68.3 Å². The fraction of sp³-hybridized carbons (Fsp3) is 0.368. The van der Waals surface area contributed by atoms with E-state index in [1.807, 2.05) is 0 Å². The van der Waals surface area contributed by atoms with Crippen LogP contribution in [0.2, 0.25) is 0 Å². The predicted molar refractivity (Wildman–Crippen MR) is 112 cm³/mol. The Bertz CT molecular complexity index is 954. The highest BCUT2D eigenvalue weighted by Gasteiger charge is 2.64. The summed E-state index contributed by atoms with van der Waals surface area (Å²) in [5.41, 5.74) is 0. The third-order valence-corrected chi connectivity index (χ3v) is 13.7. The minimum absolute atomic E-state index is 0.0757. The Morgan fingerprint density at radius 3 is 1.30 bits per heavy atom. The van der Waals surface area contributed by atoms with Crippen molar-refractivity contribution in [2.75, 3.05) is 0 Å². The van der Waals surface area contributed by atoms with E-state index in [4.69, 9.17) is 0 Å². The number of hydrogen-bond donors (Lipinski definition) is 0. The van der Waals surface area contributed by atoms with Crippen LogP contribution < -0.4 is 0 Å². The van der Waals surface area contributed by atoms with E-state index in [0.717, 1.165) is 0 Å². The molecule has 6 atom stereocenters. The lowest BCUT2D eigenvalue weighted by atomic mass is 9.99. The van der Waals surface area contributed by atoms with Gasteiger partial charge in [0, 0.05) is 9.65 Å². The highest BCUT2D eigenvalue weighted by atomic mass is 79.9. The molecule has 4 rings (SSSR count). The van der Waals surface area contributed by atoms with Crippen molar-refractivity contribution in [3.8, 4) is 0 Å². The first-order chi connectivity index (χ1) is 12.8. The summed E-state index contributed by atoms with van der Waals surface area (Å²) >= 11 is 7.22. The van der Waals surface area contributed by atoms with E-state index in [9.17, 15) is 16.8 Å². The molecule has 2 saturated carbocycles. The van der Waals surface area contributed by atoms with Crippen molar-refractivity contribution in [3.05, 3.63) is 60.7 Å². The summed E-state index contributed by atoms with van der Waals surface area (Å²) in [6, 6.07) is 16.3. The molecule has 0 radical (unpaired) electrons. The number of fused-ring (bicyclic) bond motifs is 2. The molecular formula is C19H18Br2O4S2. The zero-order valence-electron chi connectivity index (χ0n) is 14.2. The number of sulfone groups is 2. The maximum absolute atomic E-state index is 13.5. The summed E-state index contributed by atoms with van der Waals surface area (Å²) in [6.45, 7) is 0. The molecule has 2 bridgehead atoms. The zero-order chi connectivity index (χ0) is 19.4. The van der Waals surface area contributed by atoms with Crippen molar-refractivity contribution in [1.82, 2.24) is 0 Å². The van der Waals surface area contributed by atoms with Gasteiger partial charge in [0.2, 0.25) is 0 Å². The van der Waals surface area contributed by atoms with Crippen LogP contribution in [0.25, 0.3) is 0 Å². The highest BCUT2D eigenvalue weighted by Crippen LogP contribution is 2.57. The highest BCUT2D eigenvalue weighted by molar-refractivity contribution is 9.12.